The first kappa shape index (κ1) is 14.0. The lowest BCUT2D eigenvalue weighted by molar-refractivity contribution is 0.627. The van der Waals surface area contributed by atoms with E-state index in [-0.39, 0.29) is 10.6 Å². The Morgan fingerprint density at radius 1 is 1.11 bits per heavy atom. The van der Waals surface area contributed by atoms with Crippen molar-refractivity contribution in [3.8, 4) is 0 Å². The molecule has 0 aliphatic rings. The van der Waals surface area contributed by atoms with Crippen LogP contribution in [0.2, 0.25) is 5.02 Å². The zero-order valence-corrected chi connectivity index (χ0v) is 13.3. The van der Waals surface area contributed by atoms with Gasteiger partial charge in [-0.15, -0.1) is 0 Å². The molecule has 94 valence electrons. The van der Waals surface area contributed by atoms with Crippen LogP contribution in [0.4, 0.5) is 4.39 Å². The third-order valence-corrected chi connectivity index (χ3v) is 4.70. The average Bonchev–Trinajstić information content (AvgIpc) is 2.35. The summed E-state index contributed by atoms with van der Waals surface area (Å²) in [5.41, 5.74) is 2.22. The molecular weight excluding hydrogens is 382 g/mol. The van der Waals surface area contributed by atoms with Crippen molar-refractivity contribution >= 4 is 43.5 Å². The Kier molecular flexibility index (Phi) is 4.82. The quantitative estimate of drug-likeness (QED) is 0.569. The van der Waals surface area contributed by atoms with Crippen molar-refractivity contribution in [2.75, 3.05) is 0 Å². The molecule has 2 rings (SSSR count). The van der Waals surface area contributed by atoms with Crippen LogP contribution in [0.25, 0.3) is 0 Å². The van der Waals surface area contributed by atoms with Gasteiger partial charge in [-0.2, -0.15) is 0 Å². The molecule has 0 aliphatic carbocycles. The molecule has 18 heavy (non-hydrogen) atoms. The molecule has 0 amide bonds. The third kappa shape index (κ3) is 3.56. The molecule has 4 heteroatoms. The summed E-state index contributed by atoms with van der Waals surface area (Å²) in [7, 11) is 0. The zero-order valence-electron chi connectivity index (χ0n) is 9.34. The Labute approximate surface area is 127 Å². The monoisotopic (exact) mass is 390 g/mol. The van der Waals surface area contributed by atoms with Crippen LogP contribution in [0.15, 0.2) is 46.9 Å². The zero-order chi connectivity index (χ0) is 13.1. The molecule has 2 aromatic carbocycles. The highest BCUT2D eigenvalue weighted by Crippen LogP contribution is 2.32. The normalized spacial score (nSPS) is 12.4. The first-order valence-electron chi connectivity index (χ1n) is 5.40. The van der Waals surface area contributed by atoms with Gasteiger partial charge >= 0.3 is 0 Å². The van der Waals surface area contributed by atoms with Gasteiger partial charge in [0.1, 0.15) is 5.82 Å². The first-order valence-corrected chi connectivity index (χ1v) is 7.48. The van der Waals surface area contributed by atoms with Gasteiger partial charge in [-0.25, -0.2) is 4.39 Å². The fourth-order valence-electron chi connectivity index (χ4n) is 1.65. The minimum absolute atomic E-state index is 0.177. The number of rotatable bonds is 3. The van der Waals surface area contributed by atoms with Crippen molar-refractivity contribution in [1.29, 1.82) is 0 Å². The lowest BCUT2D eigenvalue weighted by Crippen LogP contribution is -1.95. The minimum Gasteiger partial charge on any atom is -0.207 e. The summed E-state index contributed by atoms with van der Waals surface area (Å²) < 4.78 is 13.7. The molecule has 0 saturated heterocycles. The van der Waals surface area contributed by atoms with E-state index < -0.39 is 0 Å². The van der Waals surface area contributed by atoms with E-state index in [0.717, 1.165) is 22.0 Å². The molecule has 0 spiro atoms. The van der Waals surface area contributed by atoms with E-state index in [2.05, 4.69) is 31.9 Å². The fourth-order valence-corrected chi connectivity index (χ4v) is 2.83. The largest absolute Gasteiger partial charge is 0.207 e. The topological polar surface area (TPSA) is 0 Å². The Morgan fingerprint density at radius 2 is 1.78 bits per heavy atom. The second kappa shape index (κ2) is 6.18. The summed E-state index contributed by atoms with van der Waals surface area (Å²) >= 11 is 13.0. The highest BCUT2D eigenvalue weighted by Gasteiger charge is 2.10. The van der Waals surface area contributed by atoms with E-state index >= 15 is 0 Å². The summed E-state index contributed by atoms with van der Waals surface area (Å²) in [5.74, 6) is -0.209. The average molecular weight is 392 g/mol. The van der Waals surface area contributed by atoms with Crippen LogP contribution in [0.1, 0.15) is 16.0 Å². The van der Waals surface area contributed by atoms with Crippen molar-refractivity contribution in [2.45, 2.75) is 11.2 Å². The van der Waals surface area contributed by atoms with E-state index in [1.54, 1.807) is 12.1 Å². The fraction of sp³-hybridized carbons (Fsp3) is 0.143. The van der Waals surface area contributed by atoms with Crippen LogP contribution in [-0.4, -0.2) is 0 Å². The van der Waals surface area contributed by atoms with Gasteiger partial charge in [-0.1, -0.05) is 45.7 Å². The van der Waals surface area contributed by atoms with Crippen molar-refractivity contribution in [2.24, 2.45) is 0 Å². The van der Waals surface area contributed by atoms with E-state index in [4.69, 9.17) is 11.6 Å². The molecule has 2 aromatic rings. The van der Waals surface area contributed by atoms with Gasteiger partial charge in [0, 0.05) is 9.30 Å². The van der Waals surface area contributed by atoms with Crippen LogP contribution in [0, 0.1) is 5.82 Å². The molecule has 0 aromatic heterocycles. The first-order chi connectivity index (χ1) is 8.56. The third-order valence-electron chi connectivity index (χ3n) is 2.63. The second-order valence-electron chi connectivity index (χ2n) is 3.97. The highest BCUT2D eigenvalue weighted by atomic mass is 79.9. The smallest absolute Gasteiger partial charge is 0.123 e. The molecule has 0 heterocycles. The van der Waals surface area contributed by atoms with Gasteiger partial charge in [-0.3, -0.25) is 0 Å². The molecule has 0 saturated carbocycles. The Morgan fingerprint density at radius 3 is 2.39 bits per heavy atom. The van der Waals surface area contributed by atoms with Gasteiger partial charge in [0.2, 0.25) is 0 Å². The maximum Gasteiger partial charge on any atom is 0.123 e. The molecule has 1 unspecified atom stereocenters. The Hall–Kier alpha value is -0.380. The molecule has 0 nitrogen and oxygen atoms in total. The minimum atomic E-state index is -0.209. The molecule has 1 atom stereocenters. The molecule has 0 aliphatic heterocycles. The standard InChI is InChI=1S/C14H10Br2ClF/c15-12(7-9-1-4-11(18)5-2-9)10-3-6-14(17)13(16)8-10/h1-6,8,12H,7H2. The second-order valence-corrected chi connectivity index (χ2v) is 6.34. The lowest BCUT2D eigenvalue weighted by Gasteiger charge is -2.11. The summed E-state index contributed by atoms with van der Waals surface area (Å²) in [6.45, 7) is 0. The molecular formula is C14H10Br2ClF. The molecule has 0 radical (unpaired) electrons. The molecule has 0 fully saturated rings. The number of benzene rings is 2. The molecule has 0 N–H and O–H groups in total. The van der Waals surface area contributed by atoms with E-state index in [9.17, 15) is 4.39 Å². The lowest BCUT2D eigenvalue weighted by atomic mass is 10.0. The van der Waals surface area contributed by atoms with Crippen LogP contribution < -0.4 is 0 Å². The van der Waals surface area contributed by atoms with Crippen molar-refractivity contribution in [3.05, 3.63) is 68.9 Å². The van der Waals surface area contributed by atoms with Crippen LogP contribution in [-0.2, 0) is 6.42 Å². The Bertz CT molecular complexity index is 540. The predicted octanol–water partition coefficient (Wildman–Crippen LogP) is 5.92. The summed E-state index contributed by atoms with van der Waals surface area (Å²) in [4.78, 5) is 0.177. The number of alkyl halides is 1. The highest BCUT2D eigenvalue weighted by molar-refractivity contribution is 9.10. The van der Waals surface area contributed by atoms with Gasteiger partial charge in [0.05, 0.1) is 5.02 Å². The number of halogens is 4. The van der Waals surface area contributed by atoms with E-state index in [0.29, 0.717) is 5.02 Å². The summed E-state index contributed by atoms with van der Waals surface area (Å²) in [5, 5.41) is 0.695. The van der Waals surface area contributed by atoms with Gasteiger partial charge < -0.3 is 0 Å². The molecule has 0 bridgehead atoms. The SMILES string of the molecule is Fc1ccc(CC(Br)c2ccc(Cl)c(Br)c2)cc1. The summed E-state index contributed by atoms with van der Waals surface area (Å²) in [6.07, 6.45) is 0.800. The van der Waals surface area contributed by atoms with E-state index in [1.807, 2.05) is 18.2 Å². The number of hydrogen-bond donors (Lipinski definition) is 0. The maximum absolute atomic E-state index is 12.8. The summed E-state index contributed by atoms with van der Waals surface area (Å²) in [6, 6.07) is 12.4. The van der Waals surface area contributed by atoms with Gasteiger partial charge in [0.15, 0.2) is 0 Å². The van der Waals surface area contributed by atoms with Crippen LogP contribution >= 0.6 is 43.5 Å². The maximum atomic E-state index is 12.8. The number of hydrogen-bond acceptors (Lipinski definition) is 0. The van der Waals surface area contributed by atoms with Crippen LogP contribution in [0.5, 0.6) is 0 Å². The van der Waals surface area contributed by atoms with E-state index in [1.165, 1.54) is 12.1 Å². The van der Waals surface area contributed by atoms with Crippen molar-refractivity contribution in [3.63, 3.8) is 0 Å². The van der Waals surface area contributed by atoms with Crippen molar-refractivity contribution in [1.82, 2.24) is 0 Å². The van der Waals surface area contributed by atoms with Gasteiger partial charge in [0.25, 0.3) is 0 Å². The Balaban J connectivity index is 2.13. The van der Waals surface area contributed by atoms with Crippen molar-refractivity contribution < 1.29 is 4.39 Å². The van der Waals surface area contributed by atoms with Gasteiger partial charge in [-0.05, 0) is 57.7 Å². The van der Waals surface area contributed by atoms with Crippen LogP contribution in [0.3, 0.4) is 0 Å². The predicted molar refractivity (Wildman–Crippen MR) is 80.9 cm³/mol.